The molecule has 0 aliphatic carbocycles. The van der Waals surface area contributed by atoms with Crippen molar-refractivity contribution in [3.05, 3.63) is 0 Å². The molecule has 0 fully saturated rings. The van der Waals surface area contributed by atoms with E-state index in [1.165, 1.54) is 0 Å². The van der Waals surface area contributed by atoms with E-state index in [1.54, 1.807) is 0 Å². The van der Waals surface area contributed by atoms with Crippen molar-refractivity contribution in [1.29, 1.82) is 0 Å². The molecule has 8 N–H and O–H groups in total. The normalized spacial score (nSPS) is 6.29. The van der Waals surface area contributed by atoms with Crippen LogP contribution in [0.2, 0.25) is 0 Å². The van der Waals surface area contributed by atoms with Crippen LogP contribution in [0.15, 0.2) is 0 Å². The van der Waals surface area contributed by atoms with Gasteiger partial charge in [-0.25, -0.2) is 28.8 Å². The van der Waals surface area contributed by atoms with Crippen molar-refractivity contribution in [2.24, 2.45) is 0 Å². The van der Waals surface area contributed by atoms with E-state index in [-0.39, 0.29) is 40.2 Å². The van der Waals surface area contributed by atoms with Gasteiger partial charge >= 0.3 is 35.8 Å². The molecule has 0 heterocycles. The average Bonchev–Trinajstić information content (AvgIpc) is 2.18. The molecule has 0 aliphatic rings. The zero-order chi connectivity index (χ0) is 15.5. The molecule has 0 saturated heterocycles. The van der Waals surface area contributed by atoms with Gasteiger partial charge in [0.05, 0.1) is 0 Å². The van der Waals surface area contributed by atoms with E-state index in [2.05, 4.69) is 0 Å². The molecule has 0 atom stereocenters. The Bertz CT molecular complexity index is 282. The smallest absolute Gasteiger partial charge is 0.414 e. The Kier molecular flexibility index (Phi) is 34.9. The first-order valence-corrected chi connectivity index (χ1v) is 3.32. The number of carboxylic acids is 6. The fourth-order valence-electron chi connectivity index (χ4n) is 0. The molecular formula is C6H8Cr2O13. The van der Waals surface area contributed by atoms with E-state index in [0.29, 0.717) is 0 Å². The van der Waals surface area contributed by atoms with Crippen LogP contribution >= 0.6 is 0 Å². The van der Waals surface area contributed by atoms with E-state index in [4.69, 9.17) is 59.4 Å². The molecule has 0 spiro atoms. The van der Waals surface area contributed by atoms with E-state index in [0.717, 1.165) is 0 Å². The second-order valence-electron chi connectivity index (χ2n) is 1.83. The summed E-state index contributed by atoms with van der Waals surface area (Å²) in [5.41, 5.74) is 0. The van der Waals surface area contributed by atoms with Crippen LogP contribution in [0.5, 0.6) is 0 Å². The molecule has 0 aromatic rings. The van der Waals surface area contributed by atoms with Crippen molar-refractivity contribution >= 4 is 35.8 Å². The van der Waals surface area contributed by atoms with Crippen LogP contribution in [0.1, 0.15) is 0 Å². The summed E-state index contributed by atoms with van der Waals surface area (Å²) in [4.78, 5) is 54.6. The number of hydrogen-bond donors (Lipinski definition) is 6. The van der Waals surface area contributed by atoms with Crippen LogP contribution < -0.4 is 0 Å². The fourth-order valence-corrected chi connectivity index (χ4v) is 0. The maximum Gasteiger partial charge on any atom is 0.414 e. The molecule has 13 nitrogen and oxygen atoms in total. The van der Waals surface area contributed by atoms with Crippen LogP contribution in [-0.2, 0) is 63.5 Å². The third-order valence-electron chi connectivity index (χ3n) is 0.549. The Labute approximate surface area is 136 Å². The molecule has 0 rings (SSSR count). The quantitative estimate of drug-likeness (QED) is 0.221. The minimum Gasteiger partial charge on any atom is -0.473 e. The van der Waals surface area contributed by atoms with E-state index in [9.17, 15) is 0 Å². The van der Waals surface area contributed by atoms with Crippen molar-refractivity contribution < 1.29 is 99.6 Å². The van der Waals surface area contributed by atoms with E-state index in [1.807, 2.05) is 0 Å². The first-order chi connectivity index (χ1) is 7.93. The van der Waals surface area contributed by atoms with Gasteiger partial charge in [-0.15, -0.1) is 0 Å². The van der Waals surface area contributed by atoms with Gasteiger partial charge in [-0.05, 0) is 0 Å². The summed E-state index contributed by atoms with van der Waals surface area (Å²) in [6, 6.07) is 0. The SMILES string of the molecule is O.O=C(O)C(=O)O.O=C(O)C(=O)O.O=C(O)C(=O)O.[Cr].[Cr]. The number of carbonyl (C=O) groups is 6. The largest absolute Gasteiger partial charge is 0.473 e. The fraction of sp³-hybridized carbons (Fsp3) is 0. The summed E-state index contributed by atoms with van der Waals surface area (Å²) in [5.74, 6) is -10.9. The molecular weight excluding hydrogens is 384 g/mol. The molecule has 0 aromatic carbocycles. The number of rotatable bonds is 0. The molecule has 15 heteroatoms. The summed E-state index contributed by atoms with van der Waals surface area (Å²) < 4.78 is 0. The topological polar surface area (TPSA) is 255 Å². The molecule has 21 heavy (non-hydrogen) atoms. The monoisotopic (exact) mass is 392 g/mol. The first-order valence-electron chi connectivity index (χ1n) is 3.32. The van der Waals surface area contributed by atoms with Gasteiger partial charge in [0.1, 0.15) is 0 Å². The third-order valence-corrected chi connectivity index (χ3v) is 0.549. The van der Waals surface area contributed by atoms with Crippen molar-refractivity contribution in [3.63, 3.8) is 0 Å². The molecule has 0 radical (unpaired) electrons. The van der Waals surface area contributed by atoms with Gasteiger partial charge in [-0.1, -0.05) is 0 Å². The number of hydrogen-bond acceptors (Lipinski definition) is 6. The summed E-state index contributed by atoms with van der Waals surface area (Å²) >= 11 is 0. The van der Waals surface area contributed by atoms with Crippen LogP contribution in [-0.4, -0.2) is 71.9 Å². The Hall–Kier alpha value is -2.16. The molecule has 0 aromatic heterocycles. The summed E-state index contributed by atoms with van der Waals surface area (Å²) in [6.45, 7) is 0. The van der Waals surface area contributed by atoms with Crippen molar-refractivity contribution in [1.82, 2.24) is 0 Å². The maximum absolute atomic E-state index is 9.10. The van der Waals surface area contributed by atoms with Crippen molar-refractivity contribution in [2.45, 2.75) is 0 Å². The second kappa shape index (κ2) is 20.2. The van der Waals surface area contributed by atoms with Crippen molar-refractivity contribution in [2.75, 3.05) is 0 Å². The standard InChI is InChI=1S/3C2H2O4.2Cr.H2O/c3*3-1(4)2(5)6;;;/h3*(H,3,4)(H,5,6);;;1H2. The minimum atomic E-state index is -1.82. The Morgan fingerprint density at radius 3 is 0.429 bits per heavy atom. The Morgan fingerprint density at radius 2 is 0.429 bits per heavy atom. The van der Waals surface area contributed by atoms with Gasteiger partial charge in [-0.2, -0.15) is 0 Å². The van der Waals surface area contributed by atoms with E-state index >= 15 is 0 Å². The predicted octanol–water partition coefficient (Wildman–Crippen LogP) is -3.36. The average molecular weight is 392 g/mol. The van der Waals surface area contributed by atoms with Gasteiger partial charge in [0, 0.05) is 34.7 Å². The second-order valence-corrected chi connectivity index (χ2v) is 1.83. The summed E-state index contributed by atoms with van der Waals surface area (Å²) in [6.07, 6.45) is 0. The van der Waals surface area contributed by atoms with Gasteiger partial charge in [0.15, 0.2) is 0 Å². The zero-order valence-corrected chi connectivity index (χ0v) is 12.0. The van der Waals surface area contributed by atoms with Crippen LogP contribution in [0, 0.1) is 0 Å². The van der Waals surface area contributed by atoms with Gasteiger partial charge in [0.2, 0.25) is 0 Å². The van der Waals surface area contributed by atoms with E-state index < -0.39 is 35.8 Å². The molecule has 0 aliphatic heterocycles. The van der Waals surface area contributed by atoms with Crippen LogP contribution in [0.25, 0.3) is 0 Å². The third kappa shape index (κ3) is 46.2. The number of aliphatic carboxylic acids is 6. The Balaban J connectivity index is -0.0000000375. The molecule has 0 amide bonds. The molecule has 0 unspecified atom stereocenters. The Morgan fingerprint density at radius 1 is 0.381 bits per heavy atom. The van der Waals surface area contributed by atoms with Gasteiger partial charge in [0.25, 0.3) is 0 Å². The number of carboxylic acid groups (broad SMARTS) is 6. The summed E-state index contributed by atoms with van der Waals surface area (Å²) in [7, 11) is 0. The maximum atomic E-state index is 9.10. The first kappa shape index (κ1) is 36.4. The molecule has 0 saturated carbocycles. The van der Waals surface area contributed by atoms with Crippen LogP contribution in [0.4, 0.5) is 0 Å². The van der Waals surface area contributed by atoms with Crippen LogP contribution in [0.3, 0.4) is 0 Å². The minimum absolute atomic E-state index is 0. The molecule has 0 bridgehead atoms. The summed E-state index contributed by atoms with van der Waals surface area (Å²) in [5, 5.41) is 44.3. The van der Waals surface area contributed by atoms with Gasteiger partial charge < -0.3 is 36.1 Å². The zero-order valence-electron chi connectivity index (χ0n) is 9.45. The van der Waals surface area contributed by atoms with Crippen molar-refractivity contribution in [3.8, 4) is 0 Å². The molecule has 122 valence electrons. The predicted molar refractivity (Wildman–Crippen MR) is 49.4 cm³/mol. The van der Waals surface area contributed by atoms with Gasteiger partial charge in [-0.3, -0.25) is 0 Å².